The van der Waals surface area contributed by atoms with E-state index in [1.807, 2.05) is 50.2 Å². The zero-order chi connectivity index (χ0) is 25.4. The van der Waals surface area contributed by atoms with Crippen LogP contribution in [-0.2, 0) is 33.9 Å². The maximum absolute atomic E-state index is 12.9. The Morgan fingerprint density at radius 3 is 2.83 bits per heavy atom. The summed E-state index contributed by atoms with van der Waals surface area (Å²) in [6.07, 6.45) is 1.71. The first-order chi connectivity index (χ1) is 16.8. The molecule has 1 atom stereocenters. The fourth-order valence-electron chi connectivity index (χ4n) is 3.95. The van der Waals surface area contributed by atoms with Crippen molar-refractivity contribution in [3.05, 3.63) is 51.2 Å². The van der Waals surface area contributed by atoms with Crippen LogP contribution in [0, 0.1) is 0 Å². The Bertz CT molecular complexity index is 1070. The zero-order valence-corrected chi connectivity index (χ0v) is 21.2. The maximum atomic E-state index is 12.9. The molecule has 2 aromatic rings. The van der Waals surface area contributed by atoms with E-state index in [1.165, 1.54) is 16.2 Å². The third kappa shape index (κ3) is 6.89. The van der Waals surface area contributed by atoms with E-state index >= 15 is 0 Å². The van der Waals surface area contributed by atoms with Crippen LogP contribution in [0.2, 0.25) is 0 Å². The van der Waals surface area contributed by atoms with Gasteiger partial charge in [-0.1, -0.05) is 25.5 Å². The number of rotatable bonds is 13. The van der Waals surface area contributed by atoms with Crippen molar-refractivity contribution in [3.8, 4) is 5.75 Å². The van der Waals surface area contributed by atoms with Crippen LogP contribution in [0.25, 0.3) is 0 Å². The molecule has 3 rings (SSSR count). The Labute approximate surface area is 209 Å². The SMILES string of the molecule is CCCC(C(=O)NC=O)N1Cc2c(csc2CNC(=O)Cc2cccc(OCCN(C)C)c2)C1=O. The molecule has 188 valence electrons. The molecule has 0 aliphatic carbocycles. The zero-order valence-electron chi connectivity index (χ0n) is 20.3. The van der Waals surface area contributed by atoms with Crippen molar-refractivity contribution in [3.63, 3.8) is 0 Å². The summed E-state index contributed by atoms with van der Waals surface area (Å²) >= 11 is 1.42. The molecule has 0 saturated carbocycles. The van der Waals surface area contributed by atoms with Gasteiger partial charge in [0.05, 0.1) is 18.5 Å². The van der Waals surface area contributed by atoms with Gasteiger partial charge in [-0.3, -0.25) is 24.5 Å². The van der Waals surface area contributed by atoms with Crippen molar-refractivity contribution in [2.24, 2.45) is 0 Å². The van der Waals surface area contributed by atoms with Gasteiger partial charge in [0.2, 0.25) is 18.2 Å². The lowest BCUT2D eigenvalue weighted by molar-refractivity contribution is -0.129. The summed E-state index contributed by atoms with van der Waals surface area (Å²) in [5.74, 6) is -0.105. The number of nitrogens with zero attached hydrogens (tertiary/aromatic N) is 2. The molecule has 2 heterocycles. The predicted molar refractivity (Wildman–Crippen MR) is 133 cm³/mol. The first kappa shape index (κ1) is 26.4. The number of hydrogen-bond acceptors (Lipinski definition) is 7. The molecule has 0 bridgehead atoms. The van der Waals surface area contributed by atoms with Crippen LogP contribution in [0.4, 0.5) is 0 Å². The molecule has 0 radical (unpaired) electrons. The minimum absolute atomic E-state index is 0.131. The number of amides is 4. The maximum Gasteiger partial charge on any atom is 0.256 e. The Morgan fingerprint density at radius 1 is 1.31 bits per heavy atom. The quantitative estimate of drug-likeness (QED) is 0.407. The van der Waals surface area contributed by atoms with E-state index < -0.39 is 11.9 Å². The molecule has 1 aromatic heterocycles. The standard InChI is InChI=1S/C25H32N4O5S/c1-4-6-21(24(32)27-16-30)29-14-19-20(25(29)33)15-35-22(19)13-26-23(31)12-17-7-5-8-18(11-17)34-10-9-28(2)3/h5,7-8,11,15-16,21H,4,6,9-10,12-14H2,1-3H3,(H,26,31)(H,27,30,32). The molecule has 10 heteroatoms. The van der Waals surface area contributed by atoms with E-state index in [-0.39, 0.29) is 24.8 Å². The van der Waals surface area contributed by atoms with Gasteiger partial charge in [0.1, 0.15) is 18.4 Å². The van der Waals surface area contributed by atoms with Crippen molar-refractivity contribution in [2.75, 3.05) is 27.2 Å². The van der Waals surface area contributed by atoms with E-state index in [0.29, 0.717) is 38.0 Å². The van der Waals surface area contributed by atoms with Crippen LogP contribution in [0.1, 0.15) is 46.1 Å². The minimum Gasteiger partial charge on any atom is -0.492 e. The van der Waals surface area contributed by atoms with Gasteiger partial charge < -0.3 is 19.9 Å². The van der Waals surface area contributed by atoms with Crippen LogP contribution in [-0.4, -0.2) is 67.2 Å². The summed E-state index contributed by atoms with van der Waals surface area (Å²) in [5, 5.41) is 6.87. The molecule has 0 spiro atoms. The number of fused-ring (bicyclic) bond motifs is 1. The second kappa shape index (κ2) is 12.5. The molecule has 2 N–H and O–H groups in total. The number of hydrogen-bond donors (Lipinski definition) is 2. The molecular weight excluding hydrogens is 468 g/mol. The van der Waals surface area contributed by atoms with E-state index in [0.717, 1.165) is 28.3 Å². The van der Waals surface area contributed by atoms with Gasteiger partial charge >= 0.3 is 0 Å². The van der Waals surface area contributed by atoms with Gasteiger partial charge in [-0.05, 0) is 43.8 Å². The summed E-state index contributed by atoms with van der Waals surface area (Å²) in [4.78, 5) is 53.0. The van der Waals surface area contributed by atoms with E-state index in [2.05, 4.69) is 10.6 Å². The molecule has 9 nitrogen and oxygen atoms in total. The average Bonchev–Trinajstić information content (AvgIpc) is 3.36. The number of carbonyl (C=O) groups is 4. The third-order valence-electron chi connectivity index (χ3n) is 5.76. The van der Waals surface area contributed by atoms with Crippen LogP contribution in [0.5, 0.6) is 5.75 Å². The molecular formula is C25H32N4O5S. The Balaban J connectivity index is 1.58. The second-order valence-electron chi connectivity index (χ2n) is 8.67. The highest BCUT2D eigenvalue weighted by molar-refractivity contribution is 7.10. The van der Waals surface area contributed by atoms with Gasteiger partial charge in [-0.15, -0.1) is 11.3 Å². The molecule has 1 aromatic carbocycles. The molecule has 0 saturated heterocycles. The number of benzene rings is 1. The molecule has 35 heavy (non-hydrogen) atoms. The van der Waals surface area contributed by atoms with Gasteiger partial charge in [-0.25, -0.2) is 0 Å². The second-order valence-corrected chi connectivity index (χ2v) is 9.63. The van der Waals surface area contributed by atoms with E-state index in [9.17, 15) is 19.2 Å². The summed E-state index contributed by atoms with van der Waals surface area (Å²) in [5.41, 5.74) is 2.24. The number of ether oxygens (including phenoxy) is 1. The Hall–Kier alpha value is -3.24. The summed E-state index contributed by atoms with van der Waals surface area (Å²) < 4.78 is 5.74. The number of imide groups is 1. The first-order valence-electron chi connectivity index (χ1n) is 11.6. The normalized spacial score (nSPS) is 13.5. The molecule has 1 unspecified atom stereocenters. The van der Waals surface area contributed by atoms with Crippen molar-refractivity contribution in [1.29, 1.82) is 0 Å². The lowest BCUT2D eigenvalue weighted by atomic mass is 10.1. The van der Waals surface area contributed by atoms with Crippen molar-refractivity contribution in [1.82, 2.24) is 20.4 Å². The highest BCUT2D eigenvalue weighted by Crippen LogP contribution is 2.33. The fraction of sp³-hybridized carbons (Fsp3) is 0.440. The summed E-state index contributed by atoms with van der Waals surface area (Å²) in [6, 6.07) is 6.79. The summed E-state index contributed by atoms with van der Waals surface area (Å²) in [6.45, 7) is 3.88. The number of thiophene rings is 1. The van der Waals surface area contributed by atoms with Crippen LogP contribution in [0.3, 0.4) is 0 Å². The van der Waals surface area contributed by atoms with Crippen molar-refractivity contribution < 1.29 is 23.9 Å². The number of likely N-dealkylation sites (N-methyl/N-ethyl adjacent to an activating group) is 1. The monoisotopic (exact) mass is 500 g/mol. The third-order valence-corrected chi connectivity index (χ3v) is 6.79. The fourth-order valence-corrected chi connectivity index (χ4v) is 4.92. The van der Waals surface area contributed by atoms with E-state index in [4.69, 9.17) is 4.74 Å². The first-order valence-corrected chi connectivity index (χ1v) is 12.5. The summed E-state index contributed by atoms with van der Waals surface area (Å²) in [7, 11) is 3.96. The van der Waals surface area contributed by atoms with Crippen LogP contribution >= 0.6 is 11.3 Å². The topological polar surface area (TPSA) is 108 Å². The highest BCUT2D eigenvalue weighted by atomic mass is 32.1. The molecule has 1 aliphatic heterocycles. The van der Waals surface area contributed by atoms with Crippen LogP contribution in [0.15, 0.2) is 29.6 Å². The molecule has 1 aliphatic rings. The van der Waals surface area contributed by atoms with Gasteiger partial charge in [-0.2, -0.15) is 0 Å². The molecule has 4 amide bonds. The van der Waals surface area contributed by atoms with Crippen LogP contribution < -0.4 is 15.4 Å². The smallest absolute Gasteiger partial charge is 0.256 e. The molecule has 0 fully saturated rings. The lowest BCUT2D eigenvalue weighted by Gasteiger charge is -2.26. The Kier molecular flexibility index (Phi) is 9.39. The van der Waals surface area contributed by atoms with E-state index in [1.54, 1.807) is 5.38 Å². The highest BCUT2D eigenvalue weighted by Gasteiger charge is 2.37. The van der Waals surface area contributed by atoms with Gasteiger partial charge in [0, 0.05) is 23.3 Å². The number of carbonyl (C=O) groups excluding carboxylic acids is 4. The van der Waals surface area contributed by atoms with Gasteiger partial charge in [0.25, 0.3) is 5.91 Å². The predicted octanol–water partition coefficient (Wildman–Crippen LogP) is 1.94. The number of nitrogens with one attached hydrogen (secondary N) is 2. The van der Waals surface area contributed by atoms with Crippen molar-refractivity contribution >= 4 is 35.5 Å². The van der Waals surface area contributed by atoms with Gasteiger partial charge in [0.15, 0.2) is 0 Å². The Morgan fingerprint density at radius 2 is 2.11 bits per heavy atom. The largest absolute Gasteiger partial charge is 0.492 e. The average molecular weight is 501 g/mol. The van der Waals surface area contributed by atoms with Crippen molar-refractivity contribution in [2.45, 2.75) is 45.3 Å². The minimum atomic E-state index is -0.704. The lowest BCUT2D eigenvalue weighted by Crippen LogP contribution is -2.46.